The van der Waals surface area contributed by atoms with Gasteiger partial charge in [0.15, 0.2) is 0 Å². The molecule has 192 valence electrons. The van der Waals surface area contributed by atoms with Crippen LogP contribution in [0.25, 0.3) is 16.8 Å². The lowest BCUT2D eigenvalue weighted by Gasteiger charge is -2.44. The van der Waals surface area contributed by atoms with Crippen molar-refractivity contribution in [2.75, 3.05) is 13.7 Å². The summed E-state index contributed by atoms with van der Waals surface area (Å²) in [5.74, 6) is -0.289. The first-order valence-electron chi connectivity index (χ1n) is 13.4. The van der Waals surface area contributed by atoms with Crippen molar-refractivity contribution in [2.45, 2.75) is 63.3 Å². The Morgan fingerprint density at radius 1 is 0.973 bits per heavy atom. The predicted molar refractivity (Wildman–Crippen MR) is 138 cm³/mol. The second-order valence-corrected chi connectivity index (χ2v) is 10.6. The third-order valence-corrected chi connectivity index (χ3v) is 8.31. The van der Waals surface area contributed by atoms with Gasteiger partial charge in [-0.2, -0.15) is 5.10 Å². The molecule has 2 atom stereocenters. The lowest BCUT2D eigenvalue weighted by atomic mass is 9.78. The van der Waals surface area contributed by atoms with Crippen LogP contribution in [-0.2, 0) is 4.74 Å². The summed E-state index contributed by atoms with van der Waals surface area (Å²) in [4.78, 5) is 27.8. The number of fused-ring (bicyclic) bond motifs is 1. The van der Waals surface area contributed by atoms with Gasteiger partial charge in [0.25, 0.3) is 5.91 Å². The predicted octanol–water partition coefficient (Wildman–Crippen LogP) is 6.14. The van der Waals surface area contributed by atoms with E-state index in [9.17, 15) is 9.59 Å². The molecule has 6 rings (SSSR count). The number of hydrogen-bond acceptors (Lipinski definition) is 4. The zero-order valence-corrected chi connectivity index (χ0v) is 21.2. The molecule has 1 amide bonds. The Hall–Kier alpha value is -3.48. The normalized spacial score (nSPS) is 21.4. The second kappa shape index (κ2) is 9.77. The Morgan fingerprint density at radius 2 is 1.76 bits per heavy atom. The van der Waals surface area contributed by atoms with Crippen LogP contribution < -0.4 is 0 Å². The second-order valence-electron chi connectivity index (χ2n) is 10.6. The molecule has 2 unspecified atom stereocenters. The number of likely N-dealkylation sites (tertiary alicyclic amines) is 1. The van der Waals surface area contributed by atoms with E-state index in [1.165, 1.54) is 13.5 Å². The quantitative estimate of drug-likeness (QED) is 0.394. The zero-order valence-electron chi connectivity index (χ0n) is 21.2. The number of rotatable bonds is 5. The minimum Gasteiger partial charge on any atom is -0.465 e. The molecule has 3 aromatic rings. The number of halogens is 1. The van der Waals surface area contributed by atoms with E-state index >= 15 is 4.39 Å². The fourth-order valence-corrected chi connectivity index (χ4v) is 6.34. The van der Waals surface area contributed by atoms with Gasteiger partial charge in [0.2, 0.25) is 0 Å². The van der Waals surface area contributed by atoms with E-state index in [4.69, 9.17) is 4.74 Å². The van der Waals surface area contributed by atoms with Gasteiger partial charge in [-0.3, -0.25) is 4.79 Å². The Morgan fingerprint density at radius 3 is 2.57 bits per heavy atom. The molecule has 2 heterocycles. The maximum Gasteiger partial charge on any atom is 0.341 e. The number of ether oxygens (including phenoxy) is 1. The van der Waals surface area contributed by atoms with E-state index in [1.807, 2.05) is 29.2 Å². The number of hydrogen-bond donors (Lipinski definition) is 0. The fraction of sp³-hybridized carbons (Fsp3) is 0.433. The summed E-state index contributed by atoms with van der Waals surface area (Å²) in [5, 5.41) is 4.48. The van der Waals surface area contributed by atoms with Crippen molar-refractivity contribution in [1.29, 1.82) is 0 Å². The number of amides is 1. The highest BCUT2D eigenvalue weighted by Crippen LogP contribution is 2.43. The van der Waals surface area contributed by atoms with Crippen LogP contribution in [-0.4, -0.2) is 46.3 Å². The summed E-state index contributed by atoms with van der Waals surface area (Å²) in [5.41, 5.74) is 3.23. The summed E-state index contributed by atoms with van der Waals surface area (Å²) in [6, 6.07) is 12.8. The maximum atomic E-state index is 16.0. The van der Waals surface area contributed by atoms with Crippen molar-refractivity contribution in [3.8, 4) is 16.8 Å². The molecular weight excluding hydrogens is 469 g/mol. The van der Waals surface area contributed by atoms with Gasteiger partial charge in [0, 0.05) is 24.1 Å². The van der Waals surface area contributed by atoms with E-state index in [2.05, 4.69) is 5.10 Å². The lowest BCUT2D eigenvalue weighted by Crippen LogP contribution is -2.49. The first-order valence-corrected chi connectivity index (χ1v) is 13.4. The number of carbonyl (C=O) groups is 2. The monoisotopic (exact) mass is 501 g/mol. The van der Waals surface area contributed by atoms with Gasteiger partial charge < -0.3 is 9.64 Å². The van der Waals surface area contributed by atoms with E-state index in [1.54, 1.807) is 29.1 Å². The largest absolute Gasteiger partial charge is 0.465 e. The molecule has 2 aliphatic carbocycles. The smallest absolute Gasteiger partial charge is 0.341 e. The Labute approximate surface area is 216 Å². The van der Waals surface area contributed by atoms with Crippen LogP contribution in [0.1, 0.15) is 83.7 Å². The molecule has 2 aromatic carbocycles. The molecule has 0 bridgehead atoms. The number of methoxy groups -OCH3 is 1. The first-order chi connectivity index (χ1) is 18.1. The SMILES string of the molecule is COC(=O)c1cnn(-c2cccc(-c3cccc(C(=O)N4CCCC5CCCCC54)c3F)c2)c1C1CC1. The van der Waals surface area contributed by atoms with Crippen molar-refractivity contribution in [3.05, 3.63) is 71.3 Å². The van der Waals surface area contributed by atoms with Crippen LogP contribution in [0.2, 0.25) is 0 Å². The number of piperidine rings is 1. The highest BCUT2D eigenvalue weighted by Gasteiger charge is 2.37. The minimum atomic E-state index is -0.485. The molecule has 0 spiro atoms. The van der Waals surface area contributed by atoms with Gasteiger partial charge in [-0.15, -0.1) is 0 Å². The molecule has 1 aliphatic heterocycles. The number of aromatic nitrogens is 2. The molecule has 2 saturated carbocycles. The summed E-state index contributed by atoms with van der Waals surface area (Å²) in [6.45, 7) is 0.699. The van der Waals surface area contributed by atoms with Gasteiger partial charge >= 0.3 is 5.97 Å². The first kappa shape index (κ1) is 23.9. The van der Waals surface area contributed by atoms with Gasteiger partial charge in [0.05, 0.1) is 30.3 Å². The maximum absolute atomic E-state index is 16.0. The molecule has 7 heteroatoms. The molecule has 1 aromatic heterocycles. The van der Waals surface area contributed by atoms with Gasteiger partial charge in [-0.05, 0) is 68.2 Å². The van der Waals surface area contributed by atoms with E-state index in [0.29, 0.717) is 29.2 Å². The third kappa shape index (κ3) is 4.34. The molecule has 0 radical (unpaired) electrons. The van der Waals surface area contributed by atoms with Crippen molar-refractivity contribution >= 4 is 11.9 Å². The molecule has 3 aliphatic rings. The summed E-state index contributed by atoms with van der Waals surface area (Å²) < 4.78 is 22.7. The van der Waals surface area contributed by atoms with Crippen molar-refractivity contribution in [1.82, 2.24) is 14.7 Å². The summed E-state index contributed by atoms with van der Waals surface area (Å²) in [7, 11) is 1.37. The molecule has 1 saturated heterocycles. The minimum absolute atomic E-state index is 0.139. The highest BCUT2D eigenvalue weighted by molar-refractivity contribution is 5.96. The van der Waals surface area contributed by atoms with Gasteiger partial charge in [0.1, 0.15) is 11.4 Å². The van der Waals surface area contributed by atoms with Crippen molar-refractivity contribution in [3.63, 3.8) is 0 Å². The van der Waals surface area contributed by atoms with Gasteiger partial charge in [-0.25, -0.2) is 13.9 Å². The molecule has 0 N–H and O–H groups in total. The zero-order chi connectivity index (χ0) is 25.5. The average Bonchev–Trinajstić information content (AvgIpc) is 3.69. The molecule has 3 fully saturated rings. The number of carbonyl (C=O) groups excluding carboxylic acids is 2. The Balaban J connectivity index is 1.34. The van der Waals surface area contributed by atoms with Crippen LogP contribution in [0.3, 0.4) is 0 Å². The summed E-state index contributed by atoms with van der Waals surface area (Å²) >= 11 is 0. The fourth-order valence-electron chi connectivity index (χ4n) is 6.34. The third-order valence-electron chi connectivity index (χ3n) is 8.31. The number of nitrogens with zero attached hydrogens (tertiary/aromatic N) is 3. The number of benzene rings is 2. The van der Waals surface area contributed by atoms with Crippen LogP contribution >= 0.6 is 0 Å². The highest BCUT2D eigenvalue weighted by atomic mass is 19.1. The Kier molecular flexibility index (Phi) is 6.31. The molecule has 37 heavy (non-hydrogen) atoms. The van der Waals surface area contributed by atoms with E-state index < -0.39 is 11.8 Å². The van der Waals surface area contributed by atoms with Crippen LogP contribution in [0.5, 0.6) is 0 Å². The van der Waals surface area contributed by atoms with Crippen LogP contribution in [0.4, 0.5) is 4.39 Å². The average molecular weight is 502 g/mol. The van der Waals surface area contributed by atoms with Crippen LogP contribution in [0.15, 0.2) is 48.7 Å². The summed E-state index contributed by atoms with van der Waals surface area (Å²) in [6.07, 6.45) is 10.2. The van der Waals surface area contributed by atoms with E-state index in [-0.39, 0.29) is 23.4 Å². The van der Waals surface area contributed by atoms with E-state index in [0.717, 1.165) is 56.3 Å². The van der Waals surface area contributed by atoms with Crippen molar-refractivity contribution in [2.24, 2.45) is 5.92 Å². The van der Waals surface area contributed by atoms with Crippen LogP contribution in [0, 0.1) is 11.7 Å². The van der Waals surface area contributed by atoms with Gasteiger partial charge in [-0.1, -0.05) is 37.1 Å². The standard InChI is InChI=1S/C30H32FN3O3/c1-37-30(36)25-18-32-34(28(25)20-14-15-20)22-10-4-8-21(17-22)23-11-5-12-24(27(23)31)29(35)33-16-6-9-19-7-2-3-13-26(19)33/h4-5,8,10-12,17-20,26H,2-3,6-7,9,13-16H2,1H3. The number of esters is 1. The molecule has 6 nitrogen and oxygen atoms in total. The Bertz CT molecular complexity index is 1340. The topological polar surface area (TPSA) is 64.4 Å². The van der Waals surface area contributed by atoms with Crippen molar-refractivity contribution < 1.29 is 18.7 Å². The molecular formula is C30H32FN3O3. The lowest BCUT2D eigenvalue weighted by molar-refractivity contribution is 0.0386.